The molecule has 0 bridgehead atoms. The van der Waals surface area contributed by atoms with E-state index in [1.165, 1.54) is 31.2 Å². The summed E-state index contributed by atoms with van der Waals surface area (Å²) in [6.45, 7) is 12.0. The second-order valence-corrected chi connectivity index (χ2v) is 15.4. The number of nitrogens with one attached hydrogen (secondary N) is 2. The molecule has 2 N–H and O–H groups in total. The fourth-order valence-corrected chi connectivity index (χ4v) is 6.07. The Morgan fingerprint density at radius 3 is 2.00 bits per heavy atom. The smallest absolute Gasteiger partial charge is 0.338 e. The summed E-state index contributed by atoms with van der Waals surface area (Å²) in [5.74, 6) is -5.88. The molecule has 292 valence electrons. The summed E-state index contributed by atoms with van der Waals surface area (Å²) in [5.41, 5.74) is 1.05. The quantitative estimate of drug-likeness (QED) is 0.103. The number of hydrogen-bond acceptors (Lipinski definition) is 9. The Kier molecular flexibility index (Phi) is 13.8. The van der Waals surface area contributed by atoms with E-state index in [2.05, 4.69) is 10.6 Å². The van der Waals surface area contributed by atoms with E-state index in [1.807, 2.05) is 54.6 Å². The van der Waals surface area contributed by atoms with Gasteiger partial charge in [-0.15, -0.1) is 0 Å². The van der Waals surface area contributed by atoms with Gasteiger partial charge in [0.25, 0.3) is 5.91 Å². The molecule has 12 nitrogen and oxygen atoms in total. The van der Waals surface area contributed by atoms with Gasteiger partial charge in [0.2, 0.25) is 11.8 Å². The van der Waals surface area contributed by atoms with Crippen LogP contribution < -0.4 is 10.6 Å². The lowest BCUT2D eigenvalue weighted by atomic mass is 9.91. The first kappa shape index (κ1) is 42.0. The van der Waals surface area contributed by atoms with Crippen LogP contribution in [0.15, 0.2) is 78.5 Å². The van der Waals surface area contributed by atoms with Gasteiger partial charge in [0.05, 0.1) is 12.7 Å². The van der Waals surface area contributed by atoms with Crippen LogP contribution in [0.3, 0.4) is 0 Å². The molecule has 0 radical (unpaired) electrons. The van der Waals surface area contributed by atoms with Crippen molar-refractivity contribution in [3.8, 4) is 11.1 Å². The largest absolute Gasteiger partial charge is 0.465 e. The molecule has 3 aromatic rings. The van der Waals surface area contributed by atoms with Gasteiger partial charge in [0, 0.05) is 20.0 Å². The Balaban J connectivity index is 1.62. The summed E-state index contributed by atoms with van der Waals surface area (Å²) in [7, 11) is 1.15. The maximum absolute atomic E-state index is 13.8. The summed E-state index contributed by atoms with van der Waals surface area (Å²) in [4.78, 5) is 81.6. The second-order valence-electron chi connectivity index (χ2n) is 15.4. The highest BCUT2D eigenvalue weighted by Crippen LogP contribution is 2.30. The average molecular weight is 754 g/mol. The van der Waals surface area contributed by atoms with Crippen molar-refractivity contribution in [2.75, 3.05) is 13.7 Å². The number of esters is 3. The maximum atomic E-state index is 13.8. The minimum atomic E-state index is -1.64. The van der Waals surface area contributed by atoms with Gasteiger partial charge in [-0.1, -0.05) is 66.7 Å². The minimum absolute atomic E-state index is 0.0307. The van der Waals surface area contributed by atoms with E-state index in [0.29, 0.717) is 25.9 Å². The number of rotatable bonds is 11. The zero-order valence-electron chi connectivity index (χ0n) is 32.8. The Labute approximate surface area is 322 Å². The third-order valence-electron chi connectivity index (χ3n) is 8.47. The molecule has 55 heavy (non-hydrogen) atoms. The normalized spacial score (nSPS) is 15.1. The van der Waals surface area contributed by atoms with Crippen LogP contribution in [0.4, 0.5) is 0 Å². The number of methoxy groups -OCH3 is 1. The molecule has 1 aliphatic rings. The molecule has 4 rings (SSSR count). The Hall–Kier alpha value is -5.78. The van der Waals surface area contributed by atoms with E-state index in [1.54, 1.807) is 46.4 Å². The highest BCUT2D eigenvalue weighted by Gasteiger charge is 2.39. The fourth-order valence-electron chi connectivity index (χ4n) is 6.07. The van der Waals surface area contributed by atoms with E-state index in [4.69, 9.17) is 14.2 Å². The number of carbonyl (C=O) groups is 6. The molecule has 1 fully saturated rings. The topological polar surface area (TPSA) is 157 Å². The van der Waals surface area contributed by atoms with Crippen LogP contribution in [-0.2, 0) is 44.7 Å². The number of amides is 3. The van der Waals surface area contributed by atoms with Gasteiger partial charge in [0.1, 0.15) is 22.9 Å². The molecule has 1 heterocycles. The van der Waals surface area contributed by atoms with E-state index < -0.39 is 52.9 Å². The molecular weight excluding hydrogens is 702 g/mol. The van der Waals surface area contributed by atoms with Crippen LogP contribution in [0.5, 0.6) is 0 Å². The van der Waals surface area contributed by atoms with Crippen molar-refractivity contribution in [3.05, 3.63) is 101 Å². The van der Waals surface area contributed by atoms with Crippen molar-refractivity contribution >= 4 is 41.7 Å². The second kappa shape index (κ2) is 18.0. The molecule has 0 saturated carbocycles. The number of likely N-dealkylation sites (tertiary alicyclic amines) is 1. The first-order chi connectivity index (χ1) is 25.8. The lowest BCUT2D eigenvalue weighted by molar-refractivity contribution is -0.169. The van der Waals surface area contributed by atoms with Crippen LogP contribution in [-0.4, -0.2) is 71.4 Å². The molecule has 3 aromatic carbocycles. The lowest BCUT2D eigenvalue weighted by Crippen LogP contribution is -2.48. The standard InChI is InChI=1S/C43H51N3O9/c1-27(47)44-35(25-29-19-22-32(33(24-29)39(50)53-8)36(40(51)54-42(2,3)4)41(52)55-43(5,6)7)37(48)45-34-16-12-13-23-46(38(34)49)26-28-17-20-31(21-18-28)30-14-10-9-11-15-30/h9-11,14-15,17-22,24-25,34,36H,12-13,16,23,26H2,1-8H3,(H,44,47)(H,45,48)/b35-25-/t34-/m0/s1. The summed E-state index contributed by atoms with van der Waals surface area (Å²) in [6.07, 6.45) is 3.18. The Bertz CT molecular complexity index is 1890. The highest BCUT2D eigenvalue weighted by atomic mass is 16.6. The predicted molar refractivity (Wildman–Crippen MR) is 207 cm³/mol. The first-order valence-electron chi connectivity index (χ1n) is 18.3. The zero-order valence-corrected chi connectivity index (χ0v) is 32.8. The van der Waals surface area contributed by atoms with Gasteiger partial charge >= 0.3 is 17.9 Å². The maximum Gasteiger partial charge on any atom is 0.338 e. The van der Waals surface area contributed by atoms with Crippen molar-refractivity contribution in [1.82, 2.24) is 15.5 Å². The summed E-state index contributed by atoms with van der Waals surface area (Å²) < 4.78 is 16.1. The number of ether oxygens (including phenoxy) is 3. The van der Waals surface area contributed by atoms with Crippen molar-refractivity contribution in [1.29, 1.82) is 0 Å². The van der Waals surface area contributed by atoms with Gasteiger partial charge in [-0.25, -0.2) is 4.79 Å². The van der Waals surface area contributed by atoms with E-state index in [9.17, 15) is 28.8 Å². The molecule has 1 saturated heterocycles. The Morgan fingerprint density at radius 1 is 0.836 bits per heavy atom. The van der Waals surface area contributed by atoms with Crippen LogP contribution >= 0.6 is 0 Å². The van der Waals surface area contributed by atoms with Crippen molar-refractivity contribution in [3.63, 3.8) is 0 Å². The predicted octanol–water partition coefficient (Wildman–Crippen LogP) is 6.08. The van der Waals surface area contributed by atoms with E-state index >= 15 is 0 Å². The number of benzene rings is 3. The number of carbonyl (C=O) groups excluding carboxylic acids is 6. The van der Waals surface area contributed by atoms with Crippen LogP contribution in [0, 0.1) is 0 Å². The van der Waals surface area contributed by atoms with Crippen LogP contribution in [0.1, 0.15) is 101 Å². The number of hydrogen-bond donors (Lipinski definition) is 2. The van der Waals surface area contributed by atoms with Crippen LogP contribution in [0.2, 0.25) is 0 Å². The monoisotopic (exact) mass is 753 g/mol. The van der Waals surface area contributed by atoms with Gasteiger partial charge < -0.3 is 29.7 Å². The third kappa shape index (κ3) is 12.1. The molecule has 1 atom stereocenters. The van der Waals surface area contributed by atoms with Gasteiger partial charge in [-0.2, -0.15) is 0 Å². The van der Waals surface area contributed by atoms with Gasteiger partial charge in [0.15, 0.2) is 5.92 Å². The van der Waals surface area contributed by atoms with Gasteiger partial charge in [-0.05, 0) is 101 Å². The van der Waals surface area contributed by atoms with Crippen LogP contribution in [0.25, 0.3) is 17.2 Å². The molecule has 0 aliphatic carbocycles. The summed E-state index contributed by atoms with van der Waals surface area (Å²) in [5, 5.41) is 5.33. The van der Waals surface area contributed by atoms with Gasteiger partial charge in [-0.3, -0.25) is 24.0 Å². The molecule has 12 heteroatoms. The summed E-state index contributed by atoms with van der Waals surface area (Å²) >= 11 is 0. The SMILES string of the molecule is COC(=O)c1cc(/C=C(\NC(C)=O)C(=O)N[C@H]2CCCCN(Cc3ccc(-c4ccccc4)cc3)C2=O)ccc1C(C(=O)OC(C)(C)C)C(=O)OC(C)(C)C. The van der Waals surface area contributed by atoms with Crippen molar-refractivity contribution in [2.24, 2.45) is 0 Å². The molecule has 0 unspecified atom stereocenters. The first-order valence-corrected chi connectivity index (χ1v) is 18.3. The molecular formula is C43H51N3O9. The Morgan fingerprint density at radius 2 is 1.44 bits per heavy atom. The third-order valence-corrected chi connectivity index (χ3v) is 8.47. The average Bonchev–Trinajstić information content (AvgIpc) is 3.27. The lowest BCUT2D eigenvalue weighted by Gasteiger charge is -2.27. The fraction of sp³-hybridized carbons (Fsp3) is 0.395. The van der Waals surface area contributed by atoms with E-state index in [0.717, 1.165) is 30.2 Å². The summed E-state index contributed by atoms with van der Waals surface area (Å²) in [6, 6.07) is 21.3. The van der Waals surface area contributed by atoms with Crippen molar-refractivity contribution in [2.45, 2.75) is 97.4 Å². The molecule has 0 spiro atoms. The molecule has 1 aliphatic heterocycles. The van der Waals surface area contributed by atoms with Crippen molar-refractivity contribution < 1.29 is 43.0 Å². The highest BCUT2D eigenvalue weighted by molar-refractivity contribution is 6.06. The molecule has 0 aromatic heterocycles. The zero-order chi connectivity index (χ0) is 40.5. The van der Waals surface area contributed by atoms with E-state index in [-0.39, 0.29) is 28.3 Å². The number of nitrogens with zero attached hydrogens (tertiary/aromatic N) is 1. The minimum Gasteiger partial charge on any atom is -0.465 e. The molecule has 3 amide bonds.